The highest BCUT2D eigenvalue weighted by Crippen LogP contribution is 2.60. The second-order valence-electron chi connectivity index (χ2n) is 9.43. The molecule has 1 amide bonds. The van der Waals surface area contributed by atoms with E-state index in [1.54, 1.807) is 0 Å². The Morgan fingerprint density at radius 3 is 2.44 bits per heavy atom. The average Bonchev–Trinajstić information content (AvgIpc) is 3.11. The summed E-state index contributed by atoms with van der Waals surface area (Å²) in [6.45, 7) is 4.27. The molecule has 0 saturated heterocycles. The SMILES string of the molecule is CC(C)c1cnnn1-c1cccc(NC(=O)C23CC4CC(CC(C4)C2)C3)c1. The summed E-state index contributed by atoms with van der Waals surface area (Å²) in [6.07, 6.45) is 9.14. The molecule has 6 rings (SSSR count). The monoisotopic (exact) mass is 364 g/mol. The quantitative estimate of drug-likeness (QED) is 0.866. The molecule has 27 heavy (non-hydrogen) atoms. The van der Waals surface area contributed by atoms with Crippen molar-refractivity contribution in [2.75, 3.05) is 5.32 Å². The van der Waals surface area contributed by atoms with E-state index in [9.17, 15) is 4.79 Å². The number of nitrogens with zero attached hydrogens (tertiary/aromatic N) is 3. The van der Waals surface area contributed by atoms with Crippen LogP contribution in [0.15, 0.2) is 30.5 Å². The number of amides is 1. The molecule has 4 bridgehead atoms. The molecule has 5 nitrogen and oxygen atoms in total. The molecule has 4 fully saturated rings. The Hall–Kier alpha value is -2.17. The molecule has 4 aliphatic carbocycles. The molecule has 4 saturated carbocycles. The highest BCUT2D eigenvalue weighted by molar-refractivity contribution is 5.95. The van der Waals surface area contributed by atoms with E-state index in [2.05, 4.69) is 29.5 Å². The zero-order chi connectivity index (χ0) is 18.6. The van der Waals surface area contributed by atoms with E-state index < -0.39 is 0 Å². The summed E-state index contributed by atoms with van der Waals surface area (Å²) >= 11 is 0. The number of nitrogens with one attached hydrogen (secondary N) is 1. The molecule has 1 N–H and O–H groups in total. The molecule has 1 heterocycles. The van der Waals surface area contributed by atoms with Gasteiger partial charge in [0.25, 0.3) is 0 Å². The van der Waals surface area contributed by atoms with Crippen molar-refractivity contribution in [3.63, 3.8) is 0 Å². The summed E-state index contributed by atoms with van der Waals surface area (Å²) in [7, 11) is 0. The van der Waals surface area contributed by atoms with Gasteiger partial charge in [0.05, 0.1) is 23.0 Å². The van der Waals surface area contributed by atoms with Crippen LogP contribution >= 0.6 is 0 Å². The fourth-order valence-corrected chi connectivity index (χ4v) is 6.21. The molecule has 5 heteroatoms. The minimum Gasteiger partial charge on any atom is -0.326 e. The summed E-state index contributed by atoms with van der Waals surface area (Å²) in [4.78, 5) is 13.3. The highest BCUT2D eigenvalue weighted by Gasteiger charge is 2.54. The number of carbonyl (C=O) groups excluding carboxylic acids is 1. The van der Waals surface area contributed by atoms with Gasteiger partial charge in [0.1, 0.15) is 0 Å². The van der Waals surface area contributed by atoms with Crippen LogP contribution in [0, 0.1) is 23.2 Å². The number of hydrogen-bond acceptors (Lipinski definition) is 3. The maximum absolute atomic E-state index is 13.3. The molecule has 1 aromatic carbocycles. The second-order valence-corrected chi connectivity index (χ2v) is 9.43. The normalized spacial score (nSPS) is 31.4. The highest BCUT2D eigenvalue weighted by atomic mass is 16.2. The van der Waals surface area contributed by atoms with Crippen molar-refractivity contribution in [1.82, 2.24) is 15.0 Å². The van der Waals surface area contributed by atoms with Gasteiger partial charge in [-0.3, -0.25) is 4.79 Å². The topological polar surface area (TPSA) is 59.8 Å². The van der Waals surface area contributed by atoms with Crippen molar-refractivity contribution >= 4 is 11.6 Å². The van der Waals surface area contributed by atoms with Crippen LogP contribution in [0.1, 0.15) is 64.0 Å². The lowest BCUT2D eigenvalue weighted by Gasteiger charge is -2.55. The van der Waals surface area contributed by atoms with Gasteiger partial charge in [-0.25, -0.2) is 4.68 Å². The third-order valence-corrected chi connectivity index (χ3v) is 7.04. The van der Waals surface area contributed by atoms with Crippen LogP contribution in [-0.2, 0) is 4.79 Å². The Labute approximate surface area is 160 Å². The molecule has 0 aliphatic heterocycles. The predicted octanol–water partition coefficient (Wildman–Crippen LogP) is 4.55. The minimum atomic E-state index is -0.124. The van der Waals surface area contributed by atoms with E-state index in [4.69, 9.17) is 0 Å². The predicted molar refractivity (Wildman–Crippen MR) is 105 cm³/mol. The zero-order valence-corrected chi connectivity index (χ0v) is 16.2. The number of rotatable bonds is 4. The van der Waals surface area contributed by atoms with Gasteiger partial charge in [0, 0.05) is 5.69 Å². The Balaban J connectivity index is 1.39. The first kappa shape index (κ1) is 17.0. The van der Waals surface area contributed by atoms with Crippen LogP contribution in [0.4, 0.5) is 5.69 Å². The van der Waals surface area contributed by atoms with Gasteiger partial charge in [-0.2, -0.15) is 0 Å². The molecule has 1 aromatic heterocycles. The van der Waals surface area contributed by atoms with Gasteiger partial charge < -0.3 is 5.32 Å². The number of hydrogen-bond donors (Lipinski definition) is 1. The number of benzene rings is 1. The molecule has 0 radical (unpaired) electrons. The molecule has 2 aromatic rings. The van der Waals surface area contributed by atoms with Crippen molar-refractivity contribution < 1.29 is 4.79 Å². The Morgan fingerprint density at radius 2 is 1.81 bits per heavy atom. The minimum absolute atomic E-state index is 0.124. The van der Waals surface area contributed by atoms with Gasteiger partial charge in [0.15, 0.2) is 0 Å². The third-order valence-electron chi connectivity index (χ3n) is 7.04. The lowest BCUT2D eigenvalue weighted by atomic mass is 9.49. The average molecular weight is 364 g/mol. The van der Waals surface area contributed by atoms with Crippen LogP contribution in [0.25, 0.3) is 5.69 Å². The number of anilines is 1. The van der Waals surface area contributed by atoms with Crippen LogP contribution in [0.5, 0.6) is 0 Å². The maximum Gasteiger partial charge on any atom is 0.230 e. The molecule has 4 aliphatic rings. The molecule has 0 unspecified atom stereocenters. The first-order valence-electron chi connectivity index (χ1n) is 10.3. The van der Waals surface area contributed by atoms with Gasteiger partial charge in [-0.1, -0.05) is 25.1 Å². The summed E-state index contributed by atoms with van der Waals surface area (Å²) in [5.41, 5.74) is 2.75. The van der Waals surface area contributed by atoms with Gasteiger partial charge in [-0.05, 0) is 80.4 Å². The summed E-state index contributed by atoms with van der Waals surface area (Å²) in [5, 5.41) is 11.5. The van der Waals surface area contributed by atoms with Crippen LogP contribution in [0.2, 0.25) is 0 Å². The van der Waals surface area contributed by atoms with E-state index in [0.29, 0.717) is 5.92 Å². The van der Waals surface area contributed by atoms with E-state index in [1.807, 2.05) is 35.1 Å². The van der Waals surface area contributed by atoms with Crippen molar-refractivity contribution in [1.29, 1.82) is 0 Å². The molecule has 0 spiro atoms. The summed E-state index contributed by atoms with van der Waals surface area (Å²) in [6, 6.07) is 7.99. The zero-order valence-electron chi connectivity index (χ0n) is 16.2. The van der Waals surface area contributed by atoms with Crippen molar-refractivity contribution in [3.8, 4) is 5.69 Å². The number of aromatic nitrogens is 3. The molecular weight excluding hydrogens is 336 g/mol. The van der Waals surface area contributed by atoms with Gasteiger partial charge in [0.2, 0.25) is 5.91 Å². The van der Waals surface area contributed by atoms with Crippen LogP contribution < -0.4 is 5.32 Å². The number of carbonyl (C=O) groups is 1. The Bertz CT molecular complexity index is 833. The first-order valence-corrected chi connectivity index (χ1v) is 10.3. The second kappa shape index (κ2) is 6.18. The van der Waals surface area contributed by atoms with Crippen LogP contribution in [-0.4, -0.2) is 20.9 Å². The lowest BCUT2D eigenvalue weighted by Crippen LogP contribution is -2.51. The molecule has 0 atom stereocenters. The standard InChI is InChI=1S/C22H28N4O/c1-14(2)20-13-23-25-26(20)19-5-3-4-18(9-19)24-21(27)22-10-15-6-16(11-22)8-17(7-15)12-22/h3-5,9,13-17H,6-8,10-12H2,1-2H3,(H,24,27). The Morgan fingerprint density at radius 1 is 1.15 bits per heavy atom. The third kappa shape index (κ3) is 2.88. The largest absolute Gasteiger partial charge is 0.326 e. The van der Waals surface area contributed by atoms with E-state index >= 15 is 0 Å². The molecule has 142 valence electrons. The van der Waals surface area contributed by atoms with Gasteiger partial charge >= 0.3 is 0 Å². The summed E-state index contributed by atoms with van der Waals surface area (Å²) < 4.78 is 1.87. The maximum atomic E-state index is 13.3. The van der Waals surface area contributed by atoms with Crippen molar-refractivity contribution in [2.45, 2.75) is 58.3 Å². The van der Waals surface area contributed by atoms with E-state index in [1.165, 1.54) is 19.3 Å². The van der Waals surface area contributed by atoms with Crippen LogP contribution in [0.3, 0.4) is 0 Å². The molecular formula is C22H28N4O. The van der Waals surface area contributed by atoms with Crippen molar-refractivity contribution in [2.24, 2.45) is 23.2 Å². The smallest absolute Gasteiger partial charge is 0.230 e. The fourth-order valence-electron chi connectivity index (χ4n) is 6.21. The fraction of sp³-hybridized carbons (Fsp3) is 0.591. The van der Waals surface area contributed by atoms with E-state index in [0.717, 1.165) is 54.1 Å². The first-order chi connectivity index (χ1) is 13.0. The van der Waals surface area contributed by atoms with Crippen molar-refractivity contribution in [3.05, 3.63) is 36.2 Å². The van der Waals surface area contributed by atoms with E-state index in [-0.39, 0.29) is 11.3 Å². The summed E-state index contributed by atoms with van der Waals surface area (Å²) in [5.74, 6) is 2.90. The van der Waals surface area contributed by atoms with Gasteiger partial charge in [-0.15, -0.1) is 5.10 Å². The Kier molecular flexibility index (Phi) is 3.88. The lowest BCUT2D eigenvalue weighted by molar-refractivity contribution is -0.140.